The summed E-state index contributed by atoms with van der Waals surface area (Å²) >= 11 is 0. The fourth-order valence-electron chi connectivity index (χ4n) is 2.14. The first-order valence-electron chi connectivity index (χ1n) is 6.93. The molecule has 1 fully saturated rings. The van der Waals surface area contributed by atoms with E-state index in [1.54, 1.807) is 0 Å². The third-order valence-electron chi connectivity index (χ3n) is 3.14. The number of carboxylic acids is 1. The lowest BCUT2D eigenvalue weighted by atomic mass is 10.0. The minimum Gasteiger partial charge on any atom is -0.480 e. The maximum absolute atomic E-state index is 11.7. The van der Waals surface area contributed by atoms with Crippen molar-refractivity contribution in [1.82, 2.24) is 16.0 Å². The van der Waals surface area contributed by atoms with Gasteiger partial charge in [-0.3, -0.25) is 9.59 Å². The Morgan fingerprint density at radius 2 is 2.05 bits per heavy atom. The molecule has 2 amide bonds. The average molecular weight is 285 g/mol. The zero-order valence-corrected chi connectivity index (χ0v) is 11.9. The summed E-state index contributed by atoms with van der Waals surface area (Å²) in [6, 6.07) is -1.15. The van der Waals surface area contributed by atoms with Gasteiger partial charge in [-0.05, 0) is 31.7 Å². The summed E-state index contributed by atoms with van der Waals surface area (Å²) in [5.41, 5.74) is 0. The second-order valence-electron chi connectivity index (χ2n) is 5.45. The highest BCUT2D eigenvalue weighted by Gasteiger charge is 2.24. The van der Waals surface area contributed by atoms with Crippen molar-refractivity contribution >= 4 is 17.8 Å². The van der Waals surface area contributed by atoms with Gasteiger partial charge < -0.3 is 21.1 Å². The van der Waals surface area contributed by atoms with Crippen LogP contribution in [0.5, 0.6) is 0 Å². The molecule has 7 heteroatoms. The molecule has 1 heterocycles. The number of carboxylic acid groups (broad SMARTS) is 1. The van der Waals surface area contributed by atoms with Gasteiger partial charge in [0.15, 0.2) is 0 Å². The van der Waals surface area contributed by atoms with Gasteiger partial charge in [0.2, 0.25) is 11.8 Å². The Bertz CT molecular complexity index is 365. The first-order valence-corrected chi connectivity index (χ1v) is 6.93. The number of hydrogen-bond donors (Lipinski definition) is 4. The largest absolute Gasteiger partial charge is 0.480 e. The molecule has 2 atom stereocenters. The van der Waals surface area contributed by atoms with Gasteiger partial charge in [-0.2, -0.15) is 0 Å². The van der Waals surface area contributed by atoms with E-state index in [0.717, 1.165) is 19.4 Å². The van der Waals surface area contributed by atoms with Crippen molar-refractivity contribution in [3.8, 4) is 0 Å². The summed E-state index contributed by atoms with van der Waals surface area (Å²) < 4.78 is 0. The molecule has 0 saturated carbocycles. The summed E-state index contributed by atoms with van der Waals surface area (Å²) in [6.45, 7) is 4.38. The van der Waals surface area contributed by atoms with Crippen molar-refractivity contribution in [3.63, 3.8) is 0 Å². The van der Waals surface area contributed by atoms with Crippen molar-refractivity contribution in [2.24, 2.45) is 5.92 Å². The Hall–Kier alpha value is -1.63. The van der Waals surface area contributed by atoms with Crippen LogP contribution in [-0.2, 0) is 14.4 Å². The monoisotopic (exact) mass is 285 g/mol. The molecule has 0 radical (unpaired) electrons. The smallest absolute Gasteiger partial charge is 0.326 e. The lowest BCUT2D eigenvalue weighted by molar-refractivity contribution is -0.142. The Balaban J connectivity index is 2.33. The standard InChI is InChI=1S/C13H23N3O4/c1-8(2)6-10(13(19)20)16-11(17)7-15-12(18)9-4-3-5-14-9/h8-10,14H,3-7H2,1-2H3,(H,15,18)(H,16,17)(H,19,20). The molecule has 0 aromatic heterocycles. The molecule has 20 heavy (non-hydrogen) atoms. The SMILES string of the molecule is CC(C)CC(NC(=O)CNC(=O)C1CCCN1)C(=O)O. The molecule has 114 valence electrons. The first-order chi connectivity index (χ1) is 9.40. The molecule has 7 nitrogen and oxygen atoms in total. The van der Waals surface area contributed by atoms with Crippen molar-refractivity contribution in [1.29, 1.82) is 0 Å². The van der Waals surface area contributed by atoms with Crippen LogP contribution in [0.2, 0.25) is 0 Å². The zero-order chi connectivity index (χ0) is 15.1. The molecule has 1 aliphatic rings. The Kier molecular flexibility index (Phi) is 6.44. The van der Waals surface area contributed by atoms with Crippen LogP contribution in [0, 0.1) is 5.92 Å². The molecule has 4 N–H and O–H groups in total. The van der Waals surface area contributed by atoms with E-state index in [1.807, 2.05) is 13.8 Å². The molecular weight excluding hydrogens is 262 g/mol. The Morgan fingerprint density at radius 1 is 1.35 bits per heavy atom. The lowest BCUT2D eigenvalue weighted by Crippen LogP contribution is -2.48. The van der Waals surface area contributed by atoms with E-state index < -0.39 is 17.9 Å². The number of carbonyl (C=O) groups is 3. The highest BCUT2D eigenvalue weighted by molar-refractivity contribution is 5.89. The summed E-state index contributed by atoms with van der Waals surface area (Å²) in [7, 11) is 0. The van der Waals surface area contributed by atoms with E-state index in [4.69, 9.17) is 5.11 Å². The summed E-state index contributed by atoms with van der Waals surface area (Å²) in [5, 5.41) is 17.0. The van der Waals surface area contributed by atoms with E-state index >= 15 is 0 Å². The third-order valence-corrected chi connectivity index (χ3v) is 3.14. The van der Waals surface area contributed by atoms with E-state index in [2.05, 4.69) is 16.0 Å². The molecule has 0 spiro atoms. The van der Waals surface area contributed by atoms with Gasteiger partial charge >= 0.3 is 5.97 Å². The number of rotatable bonds is 7. The second-order valence-corrected chi connectivity index (χ2v) is 5.45. The predicted octanol–water partition coefficient (Wildman–Crippen LogP) is -0.530. The van der Waals surface area contributed by atoms with Crippen LogP contribution < -0.4 is 16.0 Å². The highest BCUT2D eigenvalue weighted by Crippen LogP contribution is 2.05. The van der Waals surface area contributed by atoms with Crippen LogP contribution in [0.4, 0.5) is 0 Å². The normalized spacial score (nSPS) is 19.6. The van der Waals surface area contributed by atoms with E-state index in [9.17, 15) is 14.4 Å². The van der Waals surface area contributed by atoms with Crippen LogP contribution in [0.25, 0.3) is 0 Å². The quantitative estimate of drug-likeness (QED) is 0.503. The number of amides is 2. The predicted molar refractivity (Wildman–Crippen MR) is 73.1 cm³/mol. The van der Waals surface area contributed by atoms with E-state index in [-0.39, 0.29) is 24.4 Å². The van der Waals surface area contributed by atoms with Crippen LogP contribution in [-0.4, -0.2) is 48.1 Å². The lowest BCUT2D eigenvalue weighted by Gasteiger charge is -2.17. The van der Waals surface area contributed by atoms with E-state index in [1.165, 1.54) is 0 Å². The Labute approximate surface area is 118 Å². The van der Waals surface area contributed by atoms with Gasteiger partial charge in [-0.15, -0.1) is 0 Å². The molecule has 1 rings (SSSR count). The van der Waals surface area contributed by atoms with Gasteiger partial charge in [0, 0.05) is 0 Å². The van der Waals surface area contributed by atoms with Crippen LogP contribution in [0.3, 0.4) is 0 Å². The maximum atomic E-state index is 11.7. The molecular formula is C13H23N3O4. The first kappa shape index (κ1) is 16.4. The molecule has 0 aliphatic carbocycles. The van der Waals surface area contributed by atoms with Crippen molar-refractivity contribution in [2.45, 2.75) is 45.2 Å². The van der Waals surface area contributed by atoms with Gasteiger partial charge in [-0.25, -0.2) is 4.79 Å². The number of carbonyl (C=O) groups excluding carboxylic acids is 2. The van der Waals surface area contributed by atoms with Crippen molar-refractivity contribution in [3.05, 3.63) is 0 Å². The fourth-order valence-corrected chi connectivity index (χ4v) is 2.14. The topological polar surface area (TPSA) is 108 Å². The average Bonchev–Trinajstić information content (AvgIpc) is 2.88. The van der Waals surface area contributed by atoms with Crippen molar-refractivity contribution < 1.29 is 19.5 Å². The minimum atomic E-state index is -1.06. The van der Waals surface area contributed by atoms with Crippen LogP contribution >= 0.6 is 0 Å². The second kappa shape index (κ2) is 7.84. The van der Waals surface area contributed by atoms with Gasteiger partial charge in [0.05, 0.1) is 12.6 Å². The molecule has 2 unspecified atom stereocenters. The molecule has 0 aromatic rings. The summed E-state index contributed by atoms with van der Waals surface area (Å²) in [4.78, 5) is 34.3. The van der Waals surface area contributed by atoms with Gasteiger partial charge in [0.1, 0.15) is 6.04 Å². The molecule has 1 aliphatic heterocycles. The third kappa shape index (κ3) is 5.56. The maximum Gasteiger partial charge on any atom is 0.326 e. The van der Waals surface area contributed by atoms with E-state index in [0.29, 0.717) is 6.42 Å². The number of hydrogen-bond acceptors (Lipinski definition) is 4. The summed E-state index contributed by atoms with van der Waals surface area (Å²) in [5.74, 6) is -1.60. The van der Waals surface area contributed by atoms with Crippen molar-refractivity contribution in [2.75, 3.05) is 13.1 Å². The fraction of sp³-hybridized carbons (Fsp3) is 0.769. The minimum absolute atomic E-state index is 0.161. The molecule has 1 saturated heterocycles. The van der Waals surface area contributed by atoms with Crippen LogP contribution in [0.1, 0.15) is 33.1 Å². The molecule has 0 bridgehead atoms. The van der Waals surface area contributed by atoms with Gasteiger partial charge in [0.25, 0.3) is 0 Å². The summed E-state index contributed by atoms with van der Waals surface area (Å²) in [6.07, 6.45) is 2.07. The van der Waals surface area contributed by atoms with Gasteiger partial charge in [-0.1, -0.05) is 13.8 Å². The number of aliphatic carboxylic acids is 1. The zero-order valence-electron chi connectivity index (χ0n) is 11.9. The molecule has 0 aromatic carbocycles. The Morgan fingerprint density at radius 3 is 2.55 bits per heavy atom. The number of nitrogens with one attached hydrogen (secondary N) is 3. The van der Waals surface area contributed by atoms with Crippen LogP contribution in [0.15, 0.2) is 0 Å². The highest BCUT2D eigenvalue weighted by atomic mass is 16.4.